The van der Waals surface area contributed by atoms with Crippen molar-refractivity contribution >= 4 is 5.69 Å². The van der Waals surface area contributed by atoms with Crippen LogP contribution in [-0.2, 0) is 0 Å². The summed E-state index contributed by atoms with van der Waals surface area (Å²) >= 11 is 0. The normalized spacial score (nSPS) is 21.3. The third-order valence-corrected chi connectivity index (χ3v) is 5.87. The van der Waals surface area contributed by atoms with Crippen LogP contribution in [0.4, 0.5) is 5.69 Å². The minimum absolute atomic E-state index is 0.677. The van der Waals surface area contributed by atoms with Crippen molar-refractivity contribution in [3.8, 4) is 0 Å². The Hall–Kier alpha value is -1.81. The lowest BCUT2D eigenvalue weighted by Gasteiger charge is -2.42. The molecule has 0 saturated carbocycles. The zero-order valence-electron chi connectivity index (χ0n) is 14.6. The van der Waals surface area contributed by atoms with Crippen LogP contribution in [0.1, 0.15) is 42.9 Å². The van der Waals surface area contributed by atoms with Crippen molar-refractivity contribution in [2.24, 2.45) is 0 Å². The topological polar surface area (TPSA) is 35.2 Å². The lowest BCUT2D eigenvalue weighted by Crippen LogP contribution is -2.47. The summed E-state index contributed by atoms with van der Waals surface area (Å²) in [5, 5.41) is 7.26. The lowest BCUT2D eigenvalue weighted by molar-refractivity contribution is 0.131. The molecule has 0 radical (unpaired) electrons. The molecule has 4 rings (SSSR count). The van der Waals surface area contributed by atoms with Crippen molar-refractivity contribution in [3.63, 3.8) is 0 Å². The van der Waals surface area contributed by atoms with Crippen molar-refractivity contribution in [1.82, 2.24) is 15.1 Å². The smallest absolute Gasteiger partial charge is 0.0490 e. The highest BCUT2D eigenvalue weighted by molar-refractivity contribution is 5.47. The molecular weight excluding hydrogens is 296 g/mol. The molecule has 0 atom stereocenters. The molecule has 2 aliphatic heterocycles. The van der Waals surface area contributed by atoms with E-state index in [0.29, 0.717) is 5.92 Å². The number of rotatable bonds is 3. The van der Waals surface area contributed by atoms with E-state index in [1.54, 1.807) is 0 Å². The zero-order valence-corrected chi connectivity index (χ0v) is 14.6. The molecule has 2 aromatic rings. The molecule has 0 aliphatic carbocycles. The number of piperidine rings is 2. The number of aryl methyl sites for hydroxylation is 1. The summed E-state index contributed by atoms with van der Waals surface area (Å²) in [6.07, 6.45) is 6.99. The number of hydrogen-bond acceptors (Lipinski definition) is 3. The Kier molecular flexibility index (Phi) is 4.56. The van der Waals surface area contributed by atoms with Gasteiger partial charge in [-0.25, -0.2) is 0 Å². The third kappa shape index (κ3) is 3.34. The maximum Gasteiger partial charge on any atom is 0.0490 e. The van der Waals surface area contributed by atoms with Gasteiger partial charge in [0.25, 0.3) is 0 Å². The average molecular weight is 324 g/mol. The number of H-pyrrole nitrogens is 1. The van der Waals surface area contributed by atoms with E-state index in [1.165, 1.54) is 68.8 Å². The second-order valence-electron chi connectivity index (χ2n) is 7.38. The molecule has 128 valence electrons. The van der Waals surface area contributed by atoms with E-state index in [1.807, 2.05) is 6.20 Å². The second kappa shape index (κ2) is 6.98. The van der Waals surface area contributed by atoms with Gasteiger partial charge in [0.2, 0.25) is 0 Å². The second-order valence-corrected chi connectivity index (χ2v) is 7.38. The summed E-state index contributed by atoms with van der Waals surface area (Å²) in [6.45, 7) is 7.00. The van der Waals surface area contributed by atoms with Crippen molar-refractivity contribution in [1.29, 1.82) is 0 Å². The molecule has 2 fully saturated rings. The fourth-order valence-electron chi connectivity index (χ4n) is 4.31. The van der Waals surface area contributed by atoms with Gasteiger partial charge in [0.05, 0.1) is 0 Å². The SMILES string of the molecule is Cc1ccc(N2CCC(N3CCC(c4ccn[nH]4)CC3)CC2)cc1. The van der Waals surface area contributed by atoms with Crippen LogP contribution in [0.3, 0.4) is 0 Å². The summed E-state index contributed by atoms with van der Waals surface area (Å²) < 4.78 is 0. The van der Waals surface area contributed by atoms with Gasteiger partial charge in [0.15, 0.2) is 0 Å². The monoisotopic (exact) mass is 324 g/mol. The number of anilines is 1. The Morgan fingerprint density at radius 2 is 1.62 bits per heavy atom. The molecule has 4 nitrogen and oxygen atoms in total. The molecule has 3 heterocycles. The molecule has 0 unspecified atom stereocenters. The molecule has 4 heteroatoms. The first kappa shape index (κ1) is 15.7. The van der Waals surface area contributed by atoms with Gasteiger partial charge >= 0.3 is 0 Å². The van der Waals surface area contributed by atoms with Gasteiger partial charge in [-0.1, -0.05) is 17.7 Å². The Morgan fingerprint density at radius 1 is 0.917 bits per heavy atom. The summed E-state index contributed by atoms with van der Waals surface area (Å²) in [6, 6.07) is 11.9. The number of likely N-dealkylation sites (tertiary alicyclic amines) is 1. The van der Waals surface area contributed by atoms with Crippen LogP contribution in [0.5, 0.6) is 0 Å². The fraction of sp³-hybridized carbons (Fsp3) is 0.550. The molecule has 2 saturated heterocycles. The predicted octanol–water partition coefficient (Wildman–Crippen LogP) is 3.57. The van der Waals surface area contributed by atoms with Crippen molar-refractivity contribution in [2.75, 3.05) is 31.1 Å². The Balaban J connectivity index is 1.28. The maximum absolute atomic E-state index is 4.10. The largest absolute Gasteiger partial charge is 0.371 e. The molecule has 1 aromatic carbocycles. The van der Waals surface area contributed by atoms with Gasteiger partial charge in [-0.3, -0.25) is 5.10 Å². The highest BCUT2D eigenvalue weighted by Gasteiger charge is 2.29. The minimum Gasteiger partial charge on any atom is -0.371 e. The summed E-state index contributed by atoms with van der Waals surface area (Å²) in [4.78, 5) is 5.28. The van der Waals surface area contributed by atoms with Crippen molar-refractivity contribution in [2.45, 2.75) is 44.6 Å². The number of hydrogen-bond donors (Lipinski definition) is 1. The maximum atomic E-state index is 4.10. The van der Waals surface area contributed by atoms with Crippen LogP contribution in [-0.4, -0.2) is 47.3 Å². The van der Waals surface area contributed by atoms with Crippen molar-refractivity contribution < 1.29 is 0 Å². The summed E-state index contributed by atoms with van der Waals surface area (Å²) in [5.41, 5.74) is 4.05. The molecule has 1 N–H and O–H groups in total. The first-order chi connectivity index (χ1) is 11.8. The van der Waals surface area contributed by atoms with Crippen LogP contribution < -0.4 is 4.90 Å². The highest BCUT2D eigenvalue weighted by atomic mass is 15.2. The molecule has 2 aliphatic rings. The van der Waals surface area contributed by atoms with Crippen LogP contribution >= 0.6 is 0 Å². The standard InChI is InChI=1S/C20H28N4/c1-16-2-4-18(5-3-16)24-14-9-19(10-15-24)23-12-7-17(8-13-23)20-6-11-21-22-20/h2-6,11,17,19H,7-10,12-15H2,1H3,(H,21,22). The van der Waals surface area contributed by atoms with E-state index in [4.69, 9.17) is 0 Å². The van der Waals surface area contributed by atoms with E-state index in [9.17, 15) is 0 Å². The molecule has 0 spiro atoms. The number of aromatic amines is 1. The van der Waals surface area contributed by atoms with Gasteiger partial charge in [-0.2, -0.15) is 5.10 Å². The predicted molar refractivity (Wildman–Crippen MR) is 98.5 cm³/mol. The van der Waals surface area contributed by atoms with Crippen LogP contribution in [0, 0.1) is 6.92 Å². The average Bonchev–Trinajstić information content (AvgIpc) is 3.17. The molecular formula is C20H28N4. The van der Waals surface area contributed by atoms with E-state index in [-0.39, 0.29) is 0 Å². The number of aromatic nitrogens is 2. The fourth-order valence-corrected chi connectivity index (χ4v) is 4.31. The molecule has 24 heavy (non-hydrogen) atoms. The van der Waals surface area contributed by atoms with E-state index in [0.717, 1.165) is 6.04 Å². The van der Waals surface area contributed by atoms with Gasteiger partial charge in [0.1, 0.15) is 0 Å². The van der Waals surface area contributed by atoms with Gasteiger partial charge in [-0.15, -0.1) is 0 Å². The third-order valence-electron chi connectivity index (χ3n) is 5.87. The van der Waals surface area contributed by atoms with Gasteiger partial charge in [0, 0.05) is 42.6 Å². The first-order valence-corrected chi connectivity index (χ1v) is 9.34. The van der Waals surface area contributed by atoms with Gasteiger partial charge in [-0.05, 0) is 63.9 Å². The van der Waals surface area contributed by atoms with Crippen LogP contribution in [0.2, 0.25) is 0 Å². The lowest BCUT2D eigenvalue weighted by atomic mass is 9.91. The van der Waals surface area contributed by atoms with E-state index >= 15 is 0 Å². The first-order valence-electron chi connectivity index (χ1n) is 9.34. The summed E-state index contributed by atoms with van der Waals surface area (Å²) in [7, 11) is 0. The minimum atomic E-state index is 0.677. The molecule has 1 aromatic heterocycles. The Morgan fingerprint density at radius 3 is 2.25 bits per heavy atom. The van der Waals surface area contributed by atoms with Crippen molar-refractivity contribution in [3.05, 3.63) is 47.8 Å². The highest BCUT2D eigenvalue weighted by Crippen LogP contribution is 2.30. The van der Waals surface area contributed by atoms with Crippen LogP contribution in [0.15, 0.2) is 36.5 Å². The molecule has 0 amide bonds. The van der Waals surface area contributed by atoms with E-state index < -0.39 is 0 Å². The van der Waals surface area contributed by atoms with Gasteiger partial charge < -0.3 is 9.80 Å². The van der Waals surface area contributed by atoms with Crippen LogP contribution in [0.25, 0.3) is 0 Å². The molecule has 0 bridgehead atoms. The Bertz CT molecular complexity index is 618. The number of benzene rings is 1. The van der Waals surface area contributed by atoms with E-state index in [2.05, 4.69) is 57.3 Å². The Labute approximate surface area is 144 Å². The quantitative estimate of drug-likeness (QED) is 0.937. The number of nitrogens with one attached hydrogen (secondary N) is 1. The summed E-state index contributed by atoms with van der Waals surface area (Å²) in [5.74, 6) is 0.677. The zero-order chi connectivity index (χ0) is 16.4. The number of nitrogens with zero attached hydrogens (tertiary/aromatic N) is 3.